The van der Waals surface area contributed by atoms with Gasteiger partial charge in [0.15, 0.2) is 0 Å². The molecule has 0 saturated heterocycles. The van der Waals surface area contributed by atoms with Crippen molar-refractivity contribution in [3.63, 3.8) is 0 Å². The lowest BCUT2D eigenvalue weighted by Gasteiger charge is -2.27. The average molecular weight is 278 g/mol. The van der Waals surface area contributed by atoms with Gasteiger partial charge in [0.25, 0.3) is 0 Å². The Labute approximate surface area is 119 Å². The molecule has 0 aromatic heterocycles. The molecule has 0 spiro atoms. The Morgan fingerprint density at radius 3 is 2.95 bits per heavy atom. The number of benzene rings is 1. The second kappa shape index (κ2) is 5.71. The van der Waals surface area contributed by atoms with E-state index in [2.05, 4.69) is 5.32 Å². The summed E-state index contributed by atoms with van der Waals surface area (Å²) in [5.41, 5.74) is 6.04. The van der Waals surface area contributed by atoms with Crippen molar-refractivity contribution >= 4 is 5.91 Å². The Morgan fingerprint density at radius 2 is 2.30 bits per heavy atom. The number of amides is 1. The van der Waals surface area contributed by atoms with E-state index in [1.165, 1.54) is 0 Å². The Kier molecular flexibility index (Phi) is 4.18. The third kappa shape index (κ3) is 3.42. The summed E-state index contributed by atoms with van der Waals surface area (Å²) >= 11 is 0. The Balaban J connectivity index is 1.93. The van der Waals surface area contributed by atoms with Gasteiger partial charge in [-0.2, -0.15) is 0 Å². The molecule has 1 amide bonds. The van der Waals surface area contributed by atoms with Crippen LogP contribution in [0.2, 0.25) is 0 Å². The molecule has 5 nitrogen and oxygen atoms in total. The predicted octanol–water partition coefficient (Wildman–Crippen LogP) is 1.10. The molecule has 1 aliphatic rings. The molecule has 0 aliphatic carbocycles. The molecule has 0 bridgehead atoms. The van der Waals surface area contributed by atoms with Crippen molar-refractivity contribution in [2.75, 3.05) is 20.3 Å². The quantitative estimate of drug-likeness (QED) is 0.865. The third-order valence-electron chi connectivity index (χ3n) is 3.39. The van der Waals surface area contributed by atoms with Crippen molar-refractivity contribution in [2.24, 2.45) is 11.7 Å². The number of hydrogen-bond acceptors (Lipinski definition) is 4. The van der Waals surface area contributed by atoms with Crippen LogP contribution < -0.4 is 20.5 Å². The van der Waals surface area contributed by atoms with Crippen LogP contribution in [-0.2, 0) is 11.2 Å². The van der Waals surface area contributed by atoms with E-state index in [1.807, 2.05) is 18.2 Å². The molecule has 0 unspecified atom stereocenters. The van der Waals surface area contributed by atoms with Crippen molar-refractivity contribution in [2.45, 2.75) is 25.8 Å². The van der Waals surface area contributed by atoms with Gasteiger partial charge >= 0.3 is 0 Å². The second-order valence-electron chi connectivity index (χ2n) is 5.79. The number of fused-ring (bicyclic) bond motifs is 1. The molecule has 110 valence electrons. The highest BCUT2D eigenvalue weighted by Crippen LogP contribution is 2.30. The summed E-state index contributed by atoms with van der Waals surface area (Å²) in [5.74, 6) is 1.78. The first-order valence-electron chi connectivity index (χ1n) is 6.77. The van der Waals surface area contributed by atoms with Gasteiger partial charge in [0.2, 0.25) is 5.91 Å². The molecule has 20 heavy (non-hydrogen) atoms. The SMILES string of the molecule is COc1ccc2c(c1)OC[C@@H](CNC(=O)C(C)(C)N)C2. The number of nitrogens with two attached hydrogens (primary N) is 1. The van der Waals surface area contributed by atoms with Crippen LogP contribution in [0.25, 0.3) is 0 Å². The van der Waals surface area contributed by atoms with Gasteiger partial charge in [0.1, 0.15) is 11.5 Å². The summed E-state index contributed by atoms with van der Waals surface area (Å²) in [6.45, 7) is 4.55. The van der Waals surface area contributed by atoms with E-state index in [0.717, 1.165) is 23.5 Å². The van der Waals surface area contributed by atoms with E-state index >= 15 is 0 Å². The minimum absolute atomic E-state index is 0.141. The number of nitrogens with one attached hydrogen (secondary N) is 1. The molecular weight excluding hydrogens is 256 g/mol. The van der Waals surface area contributed by atoms with Crippen LogP contribution in [0.15, 0.2) is 18.2 Å². The van der Waals surface area contributed by atoms with E-state index in [1.54, 1.807) is 21.0 Å². The normalized spacial score (nSPS) is 17.9. The van der Waals surface area contributed by atoms with Crippen molar-refractivity contribution in [1.82, 2.24) is 5.32 Å². The maximum Gasteiger partial charge on any atom is 0.239 e. The van der Waals surface area contributed by atoms with E-state index in [4.69, 9.17) is 15.2 Å². The van der Waals surface area contributed by atoms with E-state index in [0.29, 0.717) is 13.2 Å². The average Bonchev–Trinajstić information content (AvgIpc) is 2.42. The van der Waals surface area contributed by atoms with Crippen molar-refractivity contribution in [3.05, 3.63) is 23.8 Å². The van der Waals surface area contributed by atoms with Gasteiger partial charge in [-0.1, -0.05) is 6.07 Å². The van der Waals surface area contributed by atoms with Gasteiger partial charge in [-0.25, -0.2) is 0 Å². The predicted molar refractivity (Wildman–Crippen MR) is 77.0 cm³/mol. The lowest BCUT2D eigenvalue weighted by Crippen LogP contribution is -2.50. The van der Waals surface area contributed by atoms with Gasteiger partial charge in [-0.15, -0.1) is 0 Å². The first-order chi connectivity index (χ1) is 9.40. The van der Waals surface area contributed by atoms with Gasteiger partial charge in [-0.3, -0.25) is 4.79 Å². The second-order valence-corrected chi connectivity index (χ2v) is 5.79. The topological polar surface area (TPSA) is 73.6 Å². The Morgan fingerprint density at radius 1 is 1.55 bits per heavy atom. The Bertz CT molecular complexity index is 494. The Hall–Kier alpha value is -1.75. The number of rotatable bonds is 4. The van der Waals surface area contributed by atoms with Gasteiger partial charge in [0, 0.05) is 18.5 Å². The summed E-state index contributed by atoms with van der Waals surface area (Å²) in [6, 6.07) is 5.83. The number of hydrogen-bond donors (Lipinski definition) is 2. The highest BCUT2D eigenvalue weighted by Gasteiger charge is 2.25. The number of ether oxygens (including phenoxy) is 2. The van der Waals surface area contributed by atoms with Crippen LogP contribution in [0.5, 0.6) is 11.5 Å². The maximum atomic E-state index is 11.7. The molecule has 1 aliphatic heterocycles. The number of carbonyl (C=O) groups is 1. The highest BCUT2D eigenvalue weighted by atomic mass is 16.5. The van der Waals surface area contributed by atoms with Crippen molar-refractivity contribution in [3.8, 4) is 11.5 Å². The summed E-state index contributed by atoms with van der Waals surface area (Å²) < 4.78 is 10.9. The largest absolute Gasteiger partial charge is 0.497 e. The smallest absolute Gasteiger partial charge is 0.239 e. The van der Waals surface area contributed by atoms with Crippen LogP contribution in [0.1, 0.15) is 19.4 Å². The van der Waals surface area contributed by atoms with Crippen LogP contribution >= 0.6 is 0 Å². The lowest BCUT2D eigenvalue weighted by molar-refractivity contribution is -0.125. The number of carbonyl (C=O) groups excluding carboxylic acids is 1. The zero-order valence-electron chi connectivity index (χ0n) is 12.2. The van der Waals surface area contributed by atoms with E-state index in [-0.39, 0.29) is 11.8 Å². The first-order valence-corrected chi connectivity index (χ1v) is 6.77. The number of methoxy groups -OCH3 is 1. The summed E-state index contributed by atoms with van der Waals surface area (Å²) in [4.78, 5) is 11.7. The molecule has 2 rings (SSSR count). The van der Waals surface area contributed by atoms with Crippen LogP contribution in [0.3, 0.4) is 0 Å². The standard InChI is InChI=1S/C15H22N2O3/c1-15(2,16)14(18)17-8-10-6-11-4-5-12(19-3)7-13(11)20-9-10/h4-5,7,10H,6,8-9,16H2,1-3H3,(H,17,18)/t10-/m1/s1. The fourth-order valence-electron chi connectivity index (χ4n) is 2.14. The molecule has 1 heterocycles. The van der Waals surface area contributed by atoms with Crippen LogP contribution in [0, 0.1) is 5.92 Å². The summed E-state index contributed by atoms with van der Waals surface area (Å²) in [7, 11) is 1.64. The molecular formula is C15H22N2O3. The summed E-state index contributed by atoms with van der Waals surface area (Å²) in [5, 5.41) is 2.88. The zero-order valence-corrected chi connectivity index (χ0v) is 12.2. The van der Waals surface area contributed by atoms with Gasteiger partial charge in [-0.05, 0) is 31.9 Å². The van der Waals surface area contributed by atoms with Crippen molar-refractivity contribution in [1.29, 1.82) is 0 Å². The van der Waals surface area contributed by atoms with Crippen molar-refractivity contribution < 1.29 is 14.3 Å². The molecule has 1 aromatic carbocycles. The maximum absolute atomic E-state index is 11.7. The van der Waals surface area contributed by atoms with Gasteiger partial charge < -0.3 is 20.5 Å². The minimum Gasteiger partial charge on any atom is -0.497 e. The molecule has 0 saturated carbocycles. The zero-order chi connectivity index (χ0) is 14.8. The first kappa shape index (κ1) is 14.7. The molecule has 0 fully saturated rings. The van der Waals surface area contributed by atoms with Crippen LogP contribution in [-0.4, -0.2) is 31.7 Å². The fraction of sp³-hybridized carbons (Fsp3) is 0.533. The van der Waals surface area contributed by atoms with Crippen LogP contribution in [0.4, 0.5) is 0 Å². The van der Waals surface area contributed by atoms with Gasteiger partial charge in [0.05, 0.1) is 19.3 Å². The lowest BCUT2D eigenvalue weighted by atomic mass is 9.96. The summed E-state index contributed by atoms with van der Waals surface area (Å²) in [6.07, 6.45) is 0.880. The fourth-order valence-corrected chi connectivity index (χ4v) is 2.14. The van der Waals surface area contributed by atoms with E-state index < -0.39 is 5.54 Å². The highest BCUT2D eigenvalue weighted by molar-refractivity contribution is 5.85. The molecule has 1 aromatic rings. The minimum atomic E-state index is -0.846. The third-order valence-corrected chi connectivity index (χ3v) is 3.39. The monoisotopic (exact) mass is 278 g/mol. The molecule has 1 atom stereocenters. The molecule has 5 heteroatoms. The molecule has 0 radical (unpaired) electrons. The molecule has 3 N–H and O–H groups in total. The van der Waals surface area contributed by atoms with E-state index in [9.17, 15) is 4.79 Å².